The van der Waals surface area contributed by atoms with Crippen molar-refractivity contribution in [1.29, 1.82) is 0 Å². The molecule has 1 aromatic rings. The van der Waals surface area contributed by atoms with Crippen LogP contribution in [0, 0.1) is 17.8 Å². The Morgan fingerprint density at radius 1 is 1.14 bits per heavy atom. The maximum absolute atomic E-state index is 12.4. The third-order valence-corrected chi connectivity index (χ3v) is 6.04. The van der Waals surface area contributed by atoms with Crippen LogP contribution in [0.25, 0.3) is 0 Å². The van der Waals surface area contributed by atoms with Gasteiger partial charge in [0, 0.05) is 12.6 Å². The van der Waals surface area contributed by atoms with Gasteiger partial charge in [0.1, 0.15) is 0 Å². The van der Waals surface area contributed by atoms with E-state index in [1.54, 1.807) is 6.07 Å². The van der Waals surface area contributed by atoms with Gasteiger partial charge in [-0.05, 0) is 42.7 Å². The highest BCUT2D eigenvalue weighted by atomic mass is 32.2. The Bertz CT molecular complexity index is 683. The van der Waals surface area contributed by atoms with Gasteiger partial charge in [-0.25, -0.2) is 13.1 Å². The molecule has 22 heavy (non-hydrogen) atoms. The molecule has 0 amide bonds. The van der Waals surface area contributed by atoms with Crippen LogP contribution in [0.5, 0.6) is 11.5 Å². The minimum Gasteiger partial charge on any atom is -0.493 e. The second-order valence-corrected chi connectivity index (χ2v) is 7.68. The summed E-state index contributed by atoms with van der Waals surface area (Å²) < 4.78 is 37.9. The van der Waals surface area contributed by atoms with E-state index in [1.807, 2.05) is 0 Å². The third kappa shape index (κ3) is 2.85. The minimum absolute atomic E-state index is 0.198. The van der Waals surface area contributed by atoms with E-state index in [0.29, 0.717) is 35.8 Å². The Kier molecular flexibility index (Phi) is 4.14. The topological polar surface area (TPSA) is 64.6 Å². The van der Waals surface area contributed by atoms with Crippen molar-refractivity contribution in [3.8, 4) is 11.5 Å². The van der Waals surface area contributed by atoms with Crippen LogP contribution in [0.2, 0.25) is 0 Å². The molecule has 0 spiro atoms. The lowest BCUT2D eigenvalue weighted by Gasteiger charge is -2.18. The van der Waals surface area contributed by atoms with Gasteiger partial charge in [-0.15, -0.1) is 0 Å². The summed E-state index contributed by atoms with van der Waals surface area (Å²) in [7, 11) is -0.522. The number of ether oxygens (including phenoxy) is 2. The number of nitrogens with one attached hydrogen (secondary N) is 1. The van der Waals surface area contributed by atoms with E-state index in [9.17, 15) is 8.42 Å². The molecule has 120 valence electrons. The standard InChI is InChI=1S/C16H21NO4S/c1-20-15-6-5-14(9-16(15)21-2)22(18,19)17-10-13-8-11-3-4-12(13)7-11/h3-6,9,11-13,17H,7-8,10H2,1-2H3/t11-,12-,13-/m1/s1. The Labute approximate surface area is 131 Å². The summed E-state index contributed by atoms with van der Waals surface area (Å²) in [5, 5.41) is 0. The van der Waals surface area contributed by atoms with Gasteiger partial charge in [0.15, 0.2) is 11.5 Å². The van der Waals surface area contributed by atoms with Crippen molar-refractivity contribution in [2.24, 2.45) is 17.8 Å². The van der Waals surface area contributed by atoms with Gasteiger partial charge in [0.2, 0.25) is 10.0 Å². The van der Waals surface area contributed by atoms with Gasteiger partial charge in [0.05, 0.1) is 19.1 Å². The van der Waals surface area contributed by atoms with Crippen LogP contribution in [0.1, 0.15) is 12.8 Å². The van der Waals surface area contributed by atoms with Crippen LogP contribution in [0.4, 0.5) is 0 Å². The van der Waals surface area contributed by atoms with Crippen molar-refractivity contribution in [1.82, 2.24) is 4.72 Å². The number of fused-ring (bicyclic) bond motifs is 2. The zero-order valence-corrected chi connectivity index (χ0v) is 13.6. The Morgan fingerprint density at radius 3 is 2.50 bits per heavy atom. The number of methoxy groups -OCH3 is 2. The molecule has 3 rings (SSSR count). The van der Waals surface area contributed by atoms with Crippen molar-refractivity contribution < 1.29 is 17.9 Å². The zero-order valence-electron chi connectivity index (χ0n) is 12.8. The average Bonchev–Trinajstić information content (AvgIpc) is 3.15. The third-order valence-electron chi connectivity index (χ3n) is 4.62. The molecule has 2 bridgehead atoms. The van der Waals surface area contributed by atoms with Gasteiger partial charge >= 0.3 is 0 Å². The van der Waals surface area contributed by atoms with E-state index >= 15 is 0 Å². The van der Waals surface area contributed by atoms with E-state index in [0.717, 1.165) is 6.42 Å². The van der Waals surface area contributed by atoms with Crippen LogP contribution in [0.15, 0.2) is 35.2 Å². The maximum atomic E-state index is 12.4. The molecule has 3 atom stereocenters. The van der Waals surface area contributed by atoms with E-state index in [1.165, 1.54) is 32.8 Å². The van der Waals surface area contributed by atoms with Crippen LogP contribution >= 0.6 is 0 Å². The number of benzene rings is 1. The quantitative estimate of drug-likeness (QED) is 0.815. The second-order valence-electron chi connectivity index (χ2n) is 5.91. The molecule has 1 N–H and O–H groups in total. The average molecular weight is 323 g/mol. The van der Waals surface area contributed by atoms with Crippen molar-refractivity contribution in [2.45, 2.75) is 17.7 Å². The van der Waals surface area contributed by atoms with Crippen LogP contribution in [-0.2, 0) is 10.0 Å². The van der Waals surface area contributed by atoms with Crippen molar-refractivity contribution >= 4 is 10.0 Å². The first-order valence-corrected chi connectivity index (χ1v) is 8.92. The van der Waals surface area contributed by atoms with E-state index in [-0.39, 0.29) is 4.90 Å². The lowest BCUT2D eigenvalue weighted by Crippen LogP contribution is -2.31. The Hall–Kier alpha value is -1.53. The summed E-state index contributed by atoms with van der Waals surface area (Å²) in [6.45, 7) is 0.488. The molecule has 6 heteroatoms. The lowest BCUT2D eigenvalue weighted by molar-refractivity contribution is 0.354. The number of sulfonamides is 1. The first-order chi connectivity index (χ1) is 10.5. The van der Waals surface area contributed by atoms with E-state index in [2.05, 4.69) is 16.9 Å². The molecule has 1 saturated carbocycles. The summed E-state index contributed by atoms with van der Waals surface area (Å²) in [5.41, 5.74) is 0. The summed E-state index contributed by atoms with van der Waals surface area (Å²) in [5.74, 6) is 2.50. The predicted molar refractivity (Wildman–Crippen MR) is 83.6 cm³/mol. The molecule has 0 radical (unpaired) electrons. The minimum atomic E-state index is -3.53. The van der Waals surface area contributed by atoms with Crippen LogP contribution < -0.4 is 14.2 Å². The predicted octanol–water partition coefficient (Wildman–Crippen LogP) is 2.19. The molecule has 0 heterocycles. The molecule has 2 aliphatic rings. The van der Waals surface area contributed by atoms with Gasteiger partial charge in [-0.1, -0.05) is 12.2 Å². The second kappa shape index (κ2) is 5.93. The molecule has 1 aromatic carbocycles. The molecule has 1 fully saturated rings. The highest BCUT2D eigenvalue weighted by Gasteiger charge is 2.36. The lowest BCUT2D eigenvalue weighted by atomic mass is 9.94. The zero-order chi connectivity index (χ0) is 15.7. The highest BCUT2D eigenvalue weighted by molar-refractivity contribution is 7.89. The van der Waals surface area contributed by atoms with Gasteiger partial charge < -0.3 is 9.47 Å². The SMILES string of the molecule is COc1ccc(S(=O)(=O)NC[C@H]2C[C@@H]3C=C[C@@H]2C3)cc1OC. The highest BCUT2D eigenvalue weighted by Crippen LogP contribution is 2.43. The maximum Gasteiger partial charge on any atom is 0.240 e. The molecule has 0 unspecified atom stereocenters. The van der Waals surface area contributed by atoms with Crippen LogP contribution in [-0.4, -0.2) is 29.2 Å². The normalized spacial score (nSPS) is 26.4. The molecular weight excluding hydrogens is 302 g/mol. The summed E-state index contributed by atoms with van der Waals surface area (Å²) in [6, 6.07) is 4.62. The fourth-order valence-corrected chi connectivity index (χ4v) is 4.52. The van der Waals surface area contributed by atoms with E-state index < -0.39 is 10.0 Å². The summed E-state index contributed by atoms with van der Waals surface area (Å²) in [4.78, 5) is 0.198. The fraction of sp³-hybridized carbons (Fsp3) is 0.500. The van der Waals surface area contributed by atoms with Crippen molar-refractivity contribution in [3.05, 3.63) is 30.4 Å². The van der Waals surface area contributed by atoms with Gasteiger partial charge in [-0.2, -0.15) is 0 Å². The number of allylic oxidation sites excluding steroid dienone is 2. The monoisotopic (exact) mass is 323 g/mol. The van der Waals surface area contributed by atoms with E-state index in [4.69, 9.17) is 9.47 Å². The first-order valence-electron chi connectivity index (χ1n) is 7.43. The number of rotatable bonds is 6. The number of hydrogen-bond acceptors (Lipinski definition) is 4. The summed E-state index contributed by atoms with van der Waals surface area (Å²) in [6.07, 6.45) is 6.73. The molecule has 0 saturated heterocycles. The van der Waals surface area contributed by atoms with Gasteiger partial charge in [-0.3, -0.25) is 0 Å². The van der Waals surface area contributed by atoms with Crippen molar-refractivity contribution in [3.63, 3.8) is 0 Å². The number of hydrogen-bond donors (Lipinski definition) is 1. The molecule has 0 aliphatic heterocycles. The summed E-state index contributed by atoms with van der Waals surface area (Å²) >= 11 is 0. The largest absolute Gasteiger partial charge is 0.493 e. The molecular formula is C16H21NO4S. The molecule has 5 nitrogen and oxygen atoms in total. The first kappa shape index (κ1) is 15.4. The van der Waals surface area contributed by atoms with Crippen molar-refractivity contribution in [2.75, 3.05) is 20.8 Å². The van der Waals surface area contributed by atoms with Crippen LogP contribution in [0.3, 0.4) is 0 Å². The fourth-order valence-electron chi connectivity index (χ4n) is 3.41. The Balaban J connectivity index is 1.71. The smallest absolute Gasteiger partial charge is 0.240 e. The molecule has 2 aliphatic carbocycles. The van der Waals surface area contributed by atoms with Gasteiger partial charge in [0.25, 0.3) is 0 Å². The Morgan fingerprint density at radius 2 is 1.91 bits per heavy atom. The molecule has 0 aromatic heterocycles.